The van der Waals surface area contributed by atoms with Crippen LogP contribution >= 0.6 is 0 Å². The third-order valence-electron chi connectivity index (χ3n) is 3.26. The molecule has 112 valence electrons. The maximum atomic E-state index is 12.0. The molecule has 0 aliphatic carbocycles. The van der Waals surface area contributed by atoms with Gasteiger partial charge in [0.2, 0.25) is 0 Å². The summed E-state index contributed by atoms with van der Waals surface area (Å²) in [4.78, 5) is 0. The first kappa shape index (κ1) is 15.1. The van der Waals surface area contributed by atoms with Gasteiger partial charge in [0.15, 0.2) is 0 Å². The number of hydrogen-bond donors (Lipinski definition) is 1. The summed E-state index contributed by atoms with van der Waals surface area (Å²) in [6, 6.07) is 5.76. The fraction of sp³-hybridized carbons (Fsp3) is 0.571. The van der Waals surface area contributed by atoms with Gasteiger partial charge in [0.1, 0.15) is 5.75 Å². The summed E-state index contributed by atoms with van der Waals surface area (Å²) in [6.45, 7) is 3.21. The summed E-state index contributed by atoms with van der Waals surface area (Å²) >= 11 is 0. The minimum Gasteiger partial charge on any atom is -0.406 e. The Balaban J connectivity index is 1.68. The summed E-state index contributed by atoms with van der Waals surface area (Å²) in [5.41, 5.74) is 0.837. The Labute approximate surface area is 116 Å². The van der Waals surface area contributed by atoms with Gasteiger partial charge in [-0.25, -0.2) is 0 Å². The predicted octanol–water partition coefficient (Wildman–Crippen LogP) is 3.10. The van der Waals surface area contributed by atoms with Crippen molar-refractivity contribution < 1.29 is 22.6 Å². The lowest BCUT2D eigenvalue weighted by molar-refractivity contribution is -0.274. The molecule has 1 fully saturated rings. The smallest absolute Gasteiger partial charge is 0.406 e. The van der Waals surface area contributed by atoms with Gasteiger partial charge >= 0.3 is 6.36 Å². The van der Waals surface area contributed by atoms with Crippen LogP contribution in [0.2, 0.25) is 0 Å². The molecular formula is C14H18F3NO2. The lowest BCUT2D eigenvalue weighted by atomic mass is 10.1. The van der Waals surface area contributed by atoms with Crippen molar-refractivity contribution >= 4 is 0 Å². The number of nitrogens with one attached hydrogen (secondary N) is 1. The Morgan fingerprint density at radius 3 is 2.55 bits per heavy atom. The summed E-state index contributed by atoms with van der Waals surface area (Å²) in [7, 11) is 0. The van der Waals surface area contributed by atoms with Crippen LogP contribution in [0.4, 0.5) is 13.2 Å². The molecule has 3 nitrogen and oxygen atoms in total. The Kier molecular flexibility index (Phi) is 5.25. The SMILES string of the molecule is FC(F)(F)Oc1ccc(COCCC2CCNC2)cc1. The van der Waals surface area contributed by atoms with Crippen LogP contribution in [0.5, 0.6) is 5.75 Å². The molecule has 1 aromatic rings. The second-order valence-corrected chi connectivity index (χ2v) is 4.89. The van der Waals surface area contributed by atoms with Crippen LogP contribution in [0.25, 0.3) is 0 Å². The van der Waals surface area contributed by atoms with Crippen molar-refractivity contribution in [2.24, 2.45) is 5.92 Å². The summed E-state index contributed by atoms with van der Waals surface area (Å²) in [5, 5.41) is 3.29. The van der Waals surface area contributed by atoms with E-state index in [0.717, 1.165) is 25.1 Å². The molecule has 0 amide bonds. The van der Waals surface area contributed by atoms with Gasteiger partial charge in [0.05, 0.1) is 6.61 Å². The molecule has 0 saturated carbocycles. The minimum atomic E-state index is -4.65. The highest BCUT2D eigenvalue weighted by atomic mass is 19.4. The zero-order valence-corrected chi connectivity index (χ0v) is 11.1. The second kappa shape index (κ2) is 6.95. The van der Waals surface area contributed by atoms with Crippen molar-refractivity contribution in [2.45, 2.75) is 25.8 Å². The molecule has 1 aliphatic heterocycles. The number of hydrogen-bond acceptors (Lipinski definition) is 3. The molecule has 1 atom stereocenters. The Morgan fingerprint density at radius 2 is 1.95 bits per heavy atom. The van der Waals surface area contributed by atoms with E-state index in [9.17, 15) is 13.2 Å². The third-order valence-corrected chi connectivity index (χ3v) is 3.26. The van der Waals surface area contributed by atoms with Crippen molar-refractivity contribution in [3.8, 4) is 5.75 Å². The number of rotatable bonds is 6. The van der Waals surface area contributed by atoms with Gasteiger partial charge in [-0.1, -0.05) is 12.1 Å². The van der Waals surface area contributed by atoms with E-state index in [0.29, 0.717) is 19.1 Å². The maximum absolute atomic E-state index is 12.0. The molecule has 0 aromatic heterocycles. The number of alkyl halides is 3. The second-order valence-electron chi connectivity index (χ2n) is 4.89. The molecule has 1 heterocycles. The van der Waals surface area contributed by atoms with Gasteiger partial charge in [-0.2, -0.15) is 0 Å². The lowest BCUT2D eigenvalue weighted by Crippen LogP contribution is -2.17. The summed E-state index contributed by atoms with van der Waals surface area (Å²) in [5.74, 6) is 0.468. The van der Waals surface area contributed by atoms with Crippen molar-refractivity contribution in [1.82, 2.24) is 5.32 Å². The van der Waals surface area contributed by atoms with E-state index in [4.69, 9.17) is 4.74 Å². The highest BCUT2D eigenvalue weighted by Gasteiger charge is 2.30. The minimum absolute atomic E-state index is 0.210. The van der Waals surface area contributed by atoms with Crippen LogP contribution < -0.4 is 10.1 Å². The van der Waals surface area contributed by atoms with E-state index in [-0.39, 0.29) is 5.75 Å². The highest BCUT2D eigenvalue weighted by molar-refractivity contribution is 5.27. The first-order valence-electron chi connectivity index (χ1n) is 6.66. The molecule has 1 unspecified atom stereocenters. The Morgan fingerprint density at radius 1 is 1.20 bits per heavy atom. The average molecular weight is 289 g/mol. The van der Waals surface area contributed by atoms with Crippen LogP contribution in [0, 0.1) is 5.92 Å². The van der Waals surface area contributed by atoms with Crippen molar-refractivity contribution in [3.05, 3.63) is 29.8 Å². The molecule has 0 spiro atoms. The van der Waals surface area contributed by atoms with Gasteiger partial charge in [0.25, 0.3) is 0 Å². The maximum Gasteiger partial charge on any atom is 0.573 e. The molecular weight excluding hydrogens is 271 g/mol. The highest BCUT2D eigenvalue weighted by Crippen LogP contribution is 2.23. The lowest BCUT2D eigenvalue weighted by Gasteiger charge is -2.10. The molecule has 0 radical (unpaired) electrons. The van der Waals surface area contributed by atoms with Crippen LogP contribution in [0.15, 0.2) is 24.3 Å². The number of halogens is 3. The number of benzene rings is 1. The van der Waals surface area contributed by atoms with Crippen molar-refractivity contribution in [2.75, 3.05) is 19.7 Å². The standard InChI is InChI=1S/C14H18F3NO2/c15-14(16,17)20-13-3-1-12(2-4-13)10-19-8-6-11-5-7-18-9-11/h1-4,11,18H,5-10H2. The van der Waals surface area contributed by atoms with E-state index in [1.807, 2.05) is 0 Å². The Bertz CT molecular complexity index is 400. The Hall–Kier alpha value is -1.27. The van der Waals surface area contributed by atoms with Crippen LogP contribution in [-0.2, 0) is 11.3 Å². The summed E-state index contributed by atoms with van der Waals surface area (Å²) in [6.07, 6.45) is -2.44. The van der Waals surface area contributed by atoms with E-state index < -0.39 is 6.36 Å². The molecule has 20 heavy (non-hydrogen) atoms. The van der Waals surface area contributed by atoms with E-state index in [1.165, 1.54) is 18.6 Å². The first-order chi connectivity index (χ1) is 9.53. The van der Waals surface area contributed by atoms with Crippen LogP contribution in [0.1, 0.15) is 18.4 Å². The fourth-order valence-electron chi connectivity index (χ4n) is 2.19. The van der Waals surface area contributed by atoms with Gasteiger partial charge in [0, 0.05) is 6.61 Å². The van der Waals surface area contributed by atoms with Crippen LogP contribution in [0.3, 0.4) is 0 Å². The molecule has 2 rings (SSSR count). The molecule has 0 bridgehead atoms. The topological polar surface area (TPSA) is 30.5 Å². The average Bonchev–Trinajstić information content (AvgIpc) is 2.88. The van der Waals surface area contributed by atoms with E-state index in [1.54, 1.807) is 12.1 Å². The largest absolute Gasteiger partial charge is 0.573 e. The molecule has 6 heteroatoms. The fourth-order valence-corrected chi connectivity index (χ4v) is 2.19. The number of ether oxygens (including phenoxy) is 2. The van der Waals surface area contributed by atoms with Crippen molar-refractivity contribution in [1.29, 1.82) is 0 Å². The van der Waals surface area contributed by atoms with Gasteiger partial charge in [-0.3, -0.25) is 0 Å². The van der Waals surface area contributed by atoms with Gasteiger partial charge in [-0.15, -0.1) is 13.2 Å². The van der Waals surface area contributed by atoms with E-state index >= 15 is 0 Å². The molecule has 1 N–H and O–H groups in total. The normalized spacial score (nSPS) is 19.2. The zero-order chi connectivity index (χ0) is 14.4. The van der Waals surface area contributed by atoms with Gasteiger partial charge < -0.3 is 14.8 Å². The van der Waals surface area contributed by atoms with Crippen LogP contribution in [-0.4, -0.2) is 26.1 Å². The monoisotopic (exact) mass is 289 g/mol. The molecule has 1 aliphatic rings. The quantitative estimate of drug-likeness (QED) is 0.816. The first-order valence-corrected chi connectivity index (χ1v) is 6.66. The van der Waals surface area contributed by atoms with Crippen molar-refractivity contribution in [3.63, 3.8) is 0 Å². The zero-order valence-electron chi connectivity index (χ0n) is 11.1. The van der Waals surface area contributed by atoms with E-state index in [2.05, 4.69) is 10.1 Å². The molecule has 1 saturated heterocycles. The third kappa shape index (κ3) is 5.38. The predicted molar refractivity (Wildman–Crippen MR) is 68.4 cm³/mol. The molecule has 1 aromatic carbocycles. The van der Waals surface area contributed by atoms with Gasteiger partial charge in [-0.05, 0) is 49.5 Å². The summed E-state index contributed by atoms with van der Waals surface area (Å²) < 4.78 is 45.3.